The number of rotatable bonds is 2. The van der Waals surface area contributed by atoms with Gasteiger partial charge >= 0.3 is 0 Å². The molecule has 0 aliphatic carbocycles. The van der Waals surface area contributed by atoms with Crippen LogP contribution in [-0.2, 0) is 0 Å². The standard InChI is InChI=1S/C9H10N4/c1-7-2-3-9(12-6-7)13-8(11)4-5-10/h2-4,6H,11H2,1H3,(H,12,13)/b8-4-. The predicted molar refractivity (Wildman–Crippen MR) is 50.5 cm³/mol. The molecule has 0 aliphatic heterocycles. The highest BCUT2D eigenvalue weighted by Gasteiger charge is 1.93. The van der Waals surface area contributed by atoms with E-state index in [-0.39, 0.29) is 0 Å². The fraction of sp³-hybridized carbons (Fsp3) is 0.111. The molecule has 0 bridgehead atoms. The fourth-order valence-corrected chi connectivity index (χ4v) is 0.795. The van der Waals surface area contributed by atoms with Crippen LogP contribution in [0.15, 0.2) is 30.2 Å². The lowest BCUT2D eigenvalue weighted by molar-refractivity contribution is 1.21. The number of nitrogens with two attached hydrogens (primary N) is 1. The van der Waals surface area contributed by atoms with Crippen molar-refractivity contribution in [2.45, 2.75) is 6.92 Å². The first-order valence-electron chi connectivity index (χ1n) is 3.77. The quantitative estimate of drug-likeness (QED) is 0.659. The Bertz CT molecular complexity index is 345. The zero-order chi connectivity index (χ0) is 9.68. The molecule has 4 nitrogen and oxygen atoms in total. The maximum atomic E-state index is 8.29. The highest BCUT2D eigenvalue weighted by molar-refractivity contribution is 5.41. The first kappa shape index (κ1) is 9.07. The molecule has 1 aromatic heterocycles. The second-order valence-electron chi connectivity index (χ2n) is 2.57. The summed E-state index contributed by atoms with van der Waals surface area (Å²) in [7, 11) is 0. The van der Waals surface area contributed by atoms with Crippen molar-refractivity contribution in [3.8, 4) is 6.07 Å². The lowest BCUT2D eigenvalue weighted by Crippen LogP contribution is -2.09. The average Bonchev–Trinajstić information content (AvgIpc) is 2.09. The highest BCUT2D eigenvalue weighted by Crippen LogP contribution is 2.04. The van der Waals surface area contributed by atoms with Crippen molar-refractivity contribution < 1.29 is 0 Å². The van der Waals surface area contributed by atoms with E-state index in [9.17, 15) is 0 Å². The summed E-state index contributed by atoms with van der Waals surface area (Å²) in [5, 5.41) is 11.1. The van der Waals surface area contributed by atoms with Crippen molar-refractivity contribution in [3.05, 3.63) is 35.8 Å². The van der Waals surface area contributed by atoms with Gasteiger partial charge in [0.1, 0.15) is 11.6 Å². The Labute approximate surface area is 76.7 Å². The molecular formula is C9H10N4. The van der Waals surface area contributed by atoms with Crippen LogP contribution >= 0.6 is 0 Å². The molecule has 1 aromatic rings. The number of nitrogens with zero attached hydrogens (tertiary/aromatic N) is 2. The molecule has 0 saturated carbocycles. The molecule has 0 unspecified atom stereocenters. The molecule has 4 heteroatoms. The monoisotopic (exact) mass is 174 g/mol. The lowest BCUT2D eigenvalue weighted by Gasteiger charge is -2.03. The number of anilines is 1. The number of aryl methyl sites for hydroxylation is 1. The first-order chi connectivity index (χ1) is 6.22. The van der Waals surface area contributed by atoms with Gasteiger partial charge in [0.05, 0.1) is 12.1 Å². The second kappa shape index (κ2) is 4.12. The van der Waals surface area contributed by atoms with Crippen LogP contribution in [-0.4, -0.2) is 4.98 Å². The highest BCUT2D eigenvalue weighted by atomic mass is 15.1. The van der Waals surface area contributed by atoms with E-state index in [0.717, 1.165) is 5.56 Å². The Kier molecular flexibility index (Phi) is 2.87. The van der Waals surface area contributed by atoms with Crippen LogP contribution in [0.5, 0.6) is 0 Å². The molecule has 1 heterocycles. The minimum atomic E-state index is 0.291. The van der Waals surface area contributed by atoms with Crippen LogP contribution in [0, 0.1) is 18.3 Å². The third-order valence-electron chi connectivity index (χ3n) is 1.40. The molecule has 0 spiro atoms. The van der Waals surface area contributed by atoms with Crippen molar-refractivity contribution in [2.24, 2.45) is 5.73 Å². The van der Waals surface area contributed by atoms with E-state index in [4.69, 9.17) is 11.0 Å². The summed E-state index contributed by atoms with van der Waals surface area (Å²) in [6, 6.07) is 5.53. The Morgan fingerprint density at radius 1 is 1.69 bits per heavy atom. The van der Waals surface area contributed by atoms with Gasteiger partial charge in [-0.25, -0.2) is 4.98 Å². The lowest BCUT2D eigenvalue weighted by atomic mass is 10.3. The van der Waals surface area contributed by atoms with Gasteiger partial charge in [0, 0.05) is 6.20 Å². The second-order valence-corrected chi connectivity index (χ2v) is 2.57. The number of nitriles is 1. The smallest absolute Gasteiger partial charge is 0.131 e. The van der Waals surface area contributed by atoms with Gasteiger partial charge < -0.3 is 11.1 Å². The SMILES string of the molecule is Cc1ccc(N/C(N)=C\C#N)nc1. The summed E-state index contributed by atoms with van der Waals surface area (Å²) in [5.41, 5.74) is 6.52. The van der Waals surface area contributed by atoms with Crippen molar-refractivity contribution in [1.82, 2.24) is 4.98 Å². The maximum Gasteiger partial charge on any atom is 0.131 e. The zero-order valence-electron chi connectivity index (χ0n) is 7.28. The van der Waals surface area contributed by atoms with Crippen LogP contribution in [0.2, 0.25) is 0 Å². The molecule has 0 radical (unpaired) electrons. The molecule has 0 amide bonds. The van der Waals surface area contributed by atoms with Crippen molar-refractivity contribution in [1.29, 1.82) is 5.26 Å². The minimum absolute atomic E-state index is 0.291. The summed E-state index contributed by atoms with van der Waals surface area (Å²) in [5.74, 6) is 0.924. The molecule has 0 atom stereocenters. The van der Waals surface area contributed by atoms with E-state index in [0.29, 0.717) is 11.6 Å². The largest absolute Gasteiger partial charge is 0.385 e. The summed E-state index contributed by atoms with van der Waals surface area (Å²) < 4.78 is 0. The molecule has 0 fully saturated rings. The van der Waals surface area contributed by atoms with Crippen LogP contribution in [0.3, 0.4) is 0 Å². The number of nitrogens with one attached hydrogen (secondary N) is 1. The zero-order valence-corrected chi connectivity index (χ0v) is 7.28. The van der Waals surface area contributed by atoms with Crippen molar-refractivity contribution in [2.75, 3.05) is 5.32 Å². The summed E-state index contributed by atoms with van der Waals surface area (Å²) in [6.45, 7) is 1.95. The molecular weight excluding hydrogens is 164 g/mol. The van der Waals surface area contributed by atoms with Crippen molar-refractivity contribution >= 4 is 5.82 Å². The molecule has 3 N–H and O–H groups in total. The van der Waals surface area contributed by atoms with E-state index >= 15 is 0 Å². The van der Waals surface area contributed by atoms with Gasteiger partial charge in [0.15, 0.2) is 0 Å². The van der Waals surface area contributed by atoms with Gasteiger partial charge in [-0.05, 0) is 18.6 Å². The Morgan fingerprint density at radius 2 is 2.46 bits per heavy atom. The van der Waals surface area contributed by atoms with Gasteiger partial charge in [0.25, 0.3) is 0 Å². The summed E-state index contributed by atoms with van der Waals surface area (Å²) >= 11 is 0. The van der Waals surface area contributed by atoms with Gasteiger partial charge in [-0.3, -0.25) is 0 Å². The molecule has 66 valence electrons. The Balaban J connectivity index is 2.71. The van der Waals surface area contributed by atoms with Crippen LogP contribution < -0.4 is 11.1 Å². The van der Waals surface area contributed by atoms with Gasteiger partial charge in [-0.1, -0.05) is 6.07 Å². The molecule has 0 aliphatic rings. The van der Waals surface area contributed by atoms with Gasteiger partial charge in [-0.2, -0.15) is 5.26 Å². The normalized spacial score (nSPS) is 10.6. The number of hydrogen-bond donors (Lipinski definition) is 2. The molecule has 13 heavy (non-hydrogen) atoms. The van der Waals surface area contributed by atoms with E-state index in [1.165, 1.54) is 6.08 Å². The van der Waals surface area contributed by atoms with Gasteiger partial charge in [-0.15, -0.1) is 0 Å². The van der Waals surface area contributed by atoms with Crippen LogP contribution in [0.4, 0.5) is 5.82 Å². The molecule has 1 rings (SSSR count). The van der Waals surface area contributed by atoms with E-state index < -0.39 is 0 Å². The molecule has 0 aromatic carbocycles. The number of pyridine rings is 1. The Hall–Kier alpha value is -2.02. The van der Waals surface area contributed by atoms with Crippen LogP contribution in [0.1, 0.15) is 5.56 Å². The number of aromatic nitrogens is 1. The predicted octanol–water partition coefficient (Wildman–Crippen LogP) is 1.13. The van der Waals surface area contributed by atoms with E-state index in [1.54, 1.807) is 12.3 Å². The van der Waals surface area contributed by atoms with Crippen molar-refractivity contribution in [3.63, 3.8) is 0 Å². The first-order valence-corrected chi connectivity index (χ1v) is 3.77. The molecule has 0 saturated heterocycles. The van der Waals surface area contributed by atoms with E-state index in [1.807, 2.05) is 19.1 Å². The fourth-order valence-electron chi connectivity index (χ4n) is 0.795. The third kappa shape index (κ3) is 2.83. The van der Waals surface area contributed by atoms with Crippen LogP contribution in [0.25, 0.3) is 0 Å². The Morgan fingerprint density at radius 3 is 3.00 bits per heavy atom. The summed E-state index contributed by atoms with van der Waals surface area (Å²) in [4.78, 5) is 4.06. The topological polar surface area (TPSA) is 74.7 Å². The number of hydrogen-bond acceptors (Lipinski definition) is 4. The van der Waals surface area contributed by atoms with Gasteiger partial charge in [0.2, 0.25) is 0 Å². The third-order valence-corrected chi connectivity index (χ3v) is 1.40. The minimum Gasteiger partial charge on any atom is -0.385 e. The van der Waals surface area contributed by atoms with E-state index in [2.05, 4.69) is 10.3 Å². The maximum absolute atomic E-state index is 8.29. The summed E-state index contributed by atoms with van der Waals surface area (Å²) in [6.07, 6.45) is 2.95. The number of allylic oxidation sites excluding steroid dienone is 1. The average molecular weight is 174 g/mol.